The molecule has 106 valence electrons. The molecule has 0 aliphatic heterocycles. The van der Waals surface area contributed by atoms with E-state index in [0.29, 0.717) is 6.42 Å². The maximum Gasteiger partial charge on any atom is 0.126 e. The number of thioether (sulfide) groups is 1. The first kappa shape index (κ1) is 14.8. The van der Waals surface area contributed by atoms with Crippen molar-refractivity contribution in [2.24, 2.45) is 0 Å². The Labute approximate surface area is 118 Å². The maximum atomic E-state index is 13.1. The smallest absolute Gasteiger partial charge is 0.126 e. The minimum absolute atomic E-state index is 0.270. The van der Waals surface area contributed by atoms with Gasteiger partial charge in [0.05, 0.1) is 0 Å². The van der Waals surface area contributed by atoms with Crippen molar-refractivity contribution in [1.29, 1.82) is 0 Å². The molecule has 0 radical (unpaired) electrons. The lowest BCUT2D eigenvalue weighted by Crippen LogP contribution is -2.30. The van der Waals surface area contributed by atoms with Gasteiger partial charge in [-0.2, -0.15) is 11.8 Å². The lowest BCUT2D eigenvalue weighted by atomic mass is 10.1. The highest BCUT2D eigenvalue weighted by atomic mass is 32.2. The predicted octanol–water partition coefficient (Wildman–Crippen LogP) is 3.77. The molecule has 1 N–H and O–H groups in total. The van der Waals surface area contributed by atoms with Crippen LogP contribution in [-0.2, 0) is 6.42 Å². The van der Waals surface area contributed by atoms with E-state index in [1.807, 2.05) is 18.8 Å². The molecule has 1 aromatic rings. The van der Waals surface area contributed by atoms with E-state index in [9.17, 15) is 8.78 Å². The van der Waals surface area contributed by atoms with E-state index in [4.69, 9.17) is 0 Å². The molecule has 1 atom stereocenters. The Morgan fingerprint density at radius 2 is 1.84 bits per heavy atom. The van der Waals surface area contributed by atoms with Gasteiger partial charge in [-0.25, -0.2) is 8.78 Å². The van der Waals surface area contributed by atoms with Crippen molar-refractivity contribution in [3.05, 3.63) is 35.4 Å². The predicted molar refractivity (Wildman–Crippen MR) is 77.6 cm³/mol. The number of rotatable bonds is 6. The van der Waals surface area contributed by atoms with Crippen LogP contribution in [-0.4, -0.2) is 24.1 Å². The van der Waals surface area contributed by atoms with Crippen molar-refractivity contribution >= 4 is 11.8 Å². The van der Waals surface area contributed by atoms with E-state index in [2.05, 4.69) is 5.32 Å². The van der Waals surface area contributed by atoms with Crippen LogP contribution < -0.4 is 5.32 Å². The first-order valence-electron chi connectivity index (χ1n) is 6.91. The lowest BCUT2D eigenvalue weighted by molar-refractivity contribution is 0.569. The molecule has 1 nitrogen and oxygen atoms in total. The molecule has 1 unspecified atom stereocenters. The third-order valence-electron chi connectivity index (χ3n) is 3.65. The number of benzene rings is 1. The van der Waals surface area contributed by atoms with Crippen molar-refractivity contribution in [2.75, 3.05) is 12.8 Å². The Morgan fingerprint density at radius 1 is 1.21 bits per heavy atom. The fourth-order valence-electron chi connectivity index (χ4n) is 2.56. The molecule has 1 aliphatic carbocycles. The summed E-state index contributed by atoms with van der Waals surface area (Å²) in [5.41, 5.74) is 0.726. The summed E-state index contributed by atoms with van der Waals surface area (Å²) in [4.78, 5) is 0. The number of hydrogen-bond acceptors (Lipinski definition) is 2. The van der Waals surface area contributed by atoms with Crippen LogP contribution in [0, 0.1) is 11.6 Å². The van der Waals surface area contributed by atoms with Gasteiger partial charge in [0.2, 0.25) is 0 Å². The molecule has 0 bridgehead atoms. The van der Waals surface area contributed by atoms with Crippen molar-refractivity contribution in [1.82, 2.24) is 5.32 Å². The second-order valence-electron chi connectivity index (χ2n) is 5.21. The van der Waals surface area contributed by atoms with Crippen LogP contribution in [0.15, 0.2) is 18.2 Å². The maximum absolute atomic E-state index is 13.1. The summed E-state index contributed by atoms with van der Waals surface area (Å²) in [6.07, 6.45) is 5.99. The minimum Gasteiger partial charge on any atom is -0.316 e. The summed E-state index contributed by atoms with van der Waals surface area (Å²) in [6.45, 7) is 0. The van der Waals surface area contributed by atoms with Gasteiger partial charge in [0.15, 0.2) is 0 Å². The summed E-state index contributed by atoms with van der Waals surface area (Å²) in [6, 6.07) is 4.04. The highest BCUT2D eigenvalue weighted by Gasteiger charge is 2.17. The van der Waals surface area contributed by atoms with Crippen LogP contribution >= 0.6 is 11.8 Å². The van der Waals surface area contributed by atoms with Gasteiger partial charge < -0.3 is 5.32 Å². The first-order chi connectivity index (χ1) is 9.17. The Hall–Kier alpha value is -0.610. The van der Waals surface area contributed by atoms with Gasteiger partial charge in [0, 0.05) is 23.1 Å². The number of halogens is 2. The second kappa shape index (κ2) is 7.25. The molecule has 19 heavy (non-hydrogen) atoms. The van der Waals surface area contributed by atoms with Crippen LogP contribution in [0.25, 0.3) is 0 Å². The largest absolute Gasteiger partial charge is 0.316 e. The zero-order chi connectivity index (χ0) is 13.7. The molecular weight excluding hydrogens is 264 g/mol. The summed E-state index contributed by atoms with van der Waals surface area (Å²) >= 11 is 1.99. The molecule has 0 amide bonds. The number of hydrogen-bond donors (Lipinski definition) is 1. The van der Waals surface area contributed by atoms with Gasteiger partial charge in [-0.1, -0.05) is 12.8 Å². The van der Waals surface area contributed by atoms with E-state index in [1.54, 1.807) is 0 Å². The third kappa shape index (κ3) is 4.77. The second-order valence-corrected chi connectivity index (χ2v) is 6.54. The number of likely N-dealkylation sites (N-methyl/N-ethyl adjacent to an activating group) is 1. The van der Waals surface area contributed by atoms with E-state index < -0.39 is 11.6 Å². The summed E-state index contributed by atoms with van der Waals surface area (Å²) < 4.78 is 26.3. The average molecular weight is 285 g/mol. The summed E-state index contributed by atoms with van der Waals surface area (Å²) in [5.74, 6) is 0.0147. The van der Waals surface area contributed by atoms with Crippen molar-refractivity contribution in [2.45, 2.75) is 43.4 Å². The third-order valence-corrected chi connectivity index (χ3v) is 5.19. The Kier molecular flexibility index (Phi) is 5.64. The van der Waals surface area contributed by atoms with Crippen LogP contribution in [0.3, 0.4) is 0 Å². The highest BCUT2D eigenvalue weighted by molar-refractivity contribution is 7.99. The highest BCUT2D eigenvalue weighted by Crippen LogP contribution is 2.30. The zero-order valence-electron chi connectivity index (χ0n) is 11.3. The molecule has 0 aromatic heterocycles. The Balaban J connectivity index is 1.86. The zero-order valence-corrected chi connectivity index (χ0v) is 12.1. The van der Waals surface area contributed by atoms with Gasteiger partial charge in [0.25, 0.3) is 0 Å². The van der Waals surface area contributed by atoms with E-state index >= 15 is 0 Å². The van der Waals surface area contributed by atoms with Gasteiger partial charge in [-0.3, -0.25) is 0 Å². The lowest BCUT2D eigenvalue weighted by Gasteiger charge is -2.18. The van der Waals surface area contributed by atoms with Crippen molar-refractivity contribution in [3.8, 4) is 0 Å². The van der Waals surface area contributed by atoms with E-state index in [1.165, 1.54) is 37.8 Å². The first-order valence-corrected chi connectivity index (χ1v) is 7.96. The Bertz CT molecular complexity index is 385. The van der Waals surface area contributed by atoms with Gasteiger partial charge in [0.1, 0.15) is 11.6 Å². The van der Waals surface area contributed by atoms with Gasteiger partial charge in [-0.05, 0) is 44.0 Å². The molecule has 1 saturated carbocycles. The summed E-state index contributed by atoms with van der Waals surface area (Å²) in [7, 11) is 1.91. The van der Waals surface area contributed by atoms with Crippen LogP contribution in [0.1, 0.15) is 31.2 Å². The van der Waals surface area contributed by atoms with Gasteiger partial charge in [-0.15, -0.1) is 0 Å². The SMILES string of the molecule is CNC(CSC1CCCC1)Cc1cc(F)cc(F)c1. The monoisotopic (exact) mass is 285 g/mol. The molecule has 2 rings (SSSR count). The quantitative estimate of drug-likeness (QED) is 0.854. The van der Waals surface area contributed by atoms with Crippen molar-refractivity contribution < 1.29 is 8.78 Å². The molecule has 1 fully saturated rings. The van der Waals surface area contributed by atoms with E-state index in [-0.39, 0.29) is 6.04 Å². The Morgan fingerprint density at radius 3 is 2.42 bits per heavy atom. The average Bonchev–Trinajstić information content (AvgIpc) is 2.86. The molecule has 0 spiro atoms. The van der Waals surface area contributed by atoms with Crippen LogP contribution in [0.5, 0.6) is 0 Å². The molecule has 1 aromatic carbocycles. The standard InChI is InChI=1S/C15H21F2NS/c1-18-14(10-19-15-4-2-3-5-15)8-11-6-12(16)9-13(17)7-11/h6-7,9,14-15,18H,2-5,8,10H2,1H3. The topological polar surface area (TPSA) is 12.0 Å². The van der Waals surface area contributed by atoms with E-state index in [0.717, 1.165) is 22.6 Å². The minimum atomic E-state index is -0.492. The molecule has 0 heterocycles. The van der Waals surface area contributed by atoms with Crippen molar-refractivity contribution in [3.63, 3.8) is 0 Å². The fourth-order valence-corrected chi connectivity index (χ4v) is 4.02. The fraction of sp³-hybridized carbons (Fsp3) is 0.600. The molecular formula is C15H21F2NS. The van der Waals surface area contributed by atoms with Gasteiger partial charge >= 0.3 is 0 Å². The summed E-state index contributed by atoms with van der Waals surface area (Å²) in [5, 5.41) is 4.03. The molecule has 4 heteroatoms. The van der Waals surface area contributed by atoms with Crippen LogP contribution in [0.2, 0.25) is 0 Å². The molecule has 1 aliphatic rings. The number of nitrogens with one attached hydrogen (secondary N) is 1. The van der Waals surface area contributed by atoms with Crippen LogP contribution in [0.4, 0.5) is 8.78 Å². The molecule has 0 saturated heterocycles. The normalized spacial score (nSPS) is 17.8.